The molecule has 1 rings (SSSR count). The summed E-state index contributed by atoms with van der Waals surface area (Å²) in [4.78, 5) is 37.1. The summed E-state index contributed by atoms with van der Waals surface area (Å²) in [6.45, 7) is 7.38. The molecule has 0 radical (unpaired) electrons. The van der Waals surface area contributed by atoms with Crippen LogP contribution in [0.15, 0.2) is 18.2 Å². The normalized spacial score (nSPS) is 10.4. The summed E-state index contributed by atoms with van der Waals surface area (Å²) < 4.78 is 0. The lowest BCUT2D eigenvalue weighted by Crippen LogP contribution is -2.32. The van der Waals surface area contributed by atoms with Crippen molar-refractivity contribution in [1.82, 2.24) is 4.90 Å². The second-order valence-electron chi connectivity index (χ2n) is 6.12. The molecule has 2 N–H and O–H groups in total. The number of anilines is 1. The number of hydrogen-bond donors (Lipinski definition) is 2. The second kappa shape index (κ2) is 10.5. The Labute approximate surface area is 149 Å². The number of carbonyl (C=O) groups is 3. The van der Waals surface area contributed by atoms with Gasteiger partial charge in [0.2, 0.25) is 11.8 Å². The lowest BCUT2D eigenvalue weighted by atomic mass is 10.1. The fraction of sp³-hybridized carbons (Fsp3) is 0.526. The highest BCUT2D eigenvalue weighted by molar-refractivity contribution is 5.94. The Bertz CT molecular complexity index is 607. The van der Waals surface area contributed by atoms with Crippen LogP contribution in [-0.4, -0.2) is 40.9 Å². The van der Waals surface area contributed by atoms with Crippen LogP contribution in [0.4, 0.5) is 5.69 Å². The molecule has 0 bridgehead atoms. The number of carboxylic acids is 1. The molecule has 0 aliphatic heterocycles. The molecular formula is C19H28N2O4. The summed E-state index contributed by atoms with van der Waals surface area (Å²) in [5, 5.41) is 11.8. The molecule has 2 amide bonds. The summed E-state index contributed by atoms with van der Waals surface area (Å²) in [5.74, 6) is -1.16. The zero-order valence-corrected chi connectivity index (χ0v) is 15.3. The molecule has 0 heterocycles. The smallest absolute Gasteiger partial charge is 0.335 e. The minimum absolute atomic E-state index is 0.0838. The van der Waals surface area contributed by atoms with Gasteiger partial charge < -0.3 is 15.3 Å². The first-order chi connectivity index (χ1) is 11.9. The third-order valence-electron chi connectivity index (χ3n) is 3.89. The van der Waals surface area contributed by atoms with Gasteiger partial charge in [-0.2, -0.15) is 0 Å². The molecule has 0 aliphatic rings. The van der Waals surface area contributed by atoms with Gasteiger partial charge in [-0.25, -0.2) is 4.79 Å². The van der Waals surface area contributed by atoms with Gasteiger partial charge in [-0.15, -0.1) is 0 Å². The minimum Gasteiger partial charge on any atom is -0.478 e. The monoisotopic (exact) mass is 348 g/mol. The fourth-order valence-electron chi connectivity index (χ4n) is 2.56. The summed E-state index contributed by atoms with van der Waals surface area (Å²) in [7, 11) is 0. The fourth-order valence-corrected chi connectivity index (χ4v) is 2.56. The van der Waals surface area contributed by atoms with Gasteiger partial charge in [0.1, 0.15) is 0 Å². The second-order valence-corrected chi connectivity index (χ2v) is 6.12. The Kier molecular flexibility index (Phi) is 8.67. The van der Waals surface area contributed by atoms with Gasteiger partial charge in [-0.1, -0.05) is 19.9 Å². The zero-order valence-electron chi connectivity index (χ0n) is 15.3. The van der Waals surface area contributed by atoms with Crippen molar-refractivity contribution in [2.24, 2.45) is 0 Å². The maximum Gasteiger partial charge on any atom is 0.335 e. The number of carbonyl (C=O) groups excluding carboxylic acids is 2. The maximum atomic E-state index is 12.2. The predicted octanol–water partition coefficient (Wildman–Crippen LogP) is 3.45. The molecule has 0 spiro atoms. The summed E-state index contributed by atoms with van der Waals surface area (Å²) >= 11 is 0. The van der Waals surface area contributed by atoms with E-state index in [2.05, 4.69) is 5.32 Å². The van der Waals surface area contributed by atoms with Crippen LogP contribution in [0.5, 0.6) is 0 Å². The van der Waals surface area contributed by atoms with Crippen molar-refractivity contribution in [1.29, 1.82) is 0 Å². The van der Waals surface area contributed by atoms with E-state index in [4.69, 9.17) is 5.11 Å². The average molecular weight is 348 g/mol. The molecule has 1 aromatic carbocycles. The summed E-state index contributed by atoms with van der Waals surface area (Å²) in [6, 6.07) is 4.61. The molecule has 0 aliphatic carbocycles. The Morgan fingerprint density at radius 3 is 2.28 bits per heavy atom. The van der Waals surface area contributed by atoms with Gasteiger partial charge in [0, 0.05) is 31.6 Å². The molecule has 0 fully saturated rings. The first-order valence-electron chi connectivity index (χ1n) is 8.80. The number of carboxylic acid groups (broad SMARTS) is 1. The molecule has 6 heteroatoms. The van der Waals surface area contributed by atoms with Gasteiger partial charge in [0.05, 0.1) is 5.56 Å². The minimum atomic E-state index is -1.03. The maximum absolute atomic E-state index is 12.2. The van der Waals surface area contributed by atoms with Crippen LogP contribution >= 0.6 is 0 Å². The number of benzene rings is 1. The van der Waals surface area contributed by atoms with E-state index in [1.165, 1.54) is 12.1 Å². The Morgan fingerprint density at radius 1 is 1.08 bits per heavy atom. The van der Waals surface area contributed by atoms with E-state index in [0.717, 1.165) is 31.5 Å². The van der Waals surface area contributed by atoms with Crippen molar-refractivity contribution in [3.8, 4) is 0 Å². The third-order valence-corrected chi connectivity index (χ3v) is 3.89. The lowest BCUT2D eigenvalue weighted by molar-refractivity contribution is -0.131. The van der Waals surface area contributed by atoms with Crippen LogP contribution in [-0.2, 0) is 9.59 Å². The van der Waals surface area contributed by atoms with Gasteiger partial charge >= 0.3 is 5.97 Å². The molecule has 25 heavy (non-hydrogen) atoms. The van der Waals surface area contributed by atoms with Gasteiger partial charge in [-0.05, 0) is 43.9 Å². The predicted molar refractivity (Wildman–Crippen MR) is 97.8 cm³/mol. The molecule has 0 saturated carbocycles. The number of aromatic carboxylic acids is 1. The van der Waals surface area contributed by atoms with E-state index in [1.807, 2.05) is 18.7 Å². The molecular weight excluding hydrogens is 320 g/mol. The van der Waals surface area contributed by atoms with Gasteiger partial charge in [0.25, 0.3) is 0 Å². The number of nitrogens with one attached hydrogen (secondary N) is 1. The van der Waals surface area contributed by atoms with Gasteiger partial charge in [0.15, 0.2) is 0 Å². The summed E-state index contributed by atoms with van der Waals surface area (Å²) in [6.07, 6.45) is 2.90. The Hall–Kier alpha value is -2.37. The summed E-state index contributed by atoms with van der Waals surface area (Å²) in [5.41, 5.74) is 1.42. The molecule has 0 atom stereocenters. The van der Waals surface area contributed by atoms with E-state index in [9.17, 15) is 14.4 Å². The number of aryl methyl sites for hydroxylation is 1. The van der Waals surface area contributed by atoms with E-state index < -0.39 is 5.97 Å². The molecule has 0 unspecified atom stereocenters. The van der Waals surface area contributed by atoms with Crippen LogP contribution < -0.4 is 5.32 Å². The van der Waals surface area contributed by atoms with Crippen LogP contribution in [0.2, 0.25) is 0 Å². The molecule has 0 saturated heterocycles. The molecule has 6 nitrogen and oxygen atoms in total. The Morgan fingerprint density at radius 2 is 1.72 bits per heavy atom. The van der Waals surface area contributed by atoms with Crippen molar-refractivity contribution < 1.29 is 19.5 Å². The van der Waals surface area contributed by atoms with Crippen molar-refractivity contribution >= 4 is 23.5 Å². The Balaban J connectivity index is 2.51. The number of amides is 2. The molecule has 1 aromatic rings. The van der Waals surface area contributed by atoms with Crippen molar-refractivity contribution in [2.45, 2.75) is 52.9 Å². The van der Waals surface area contributed by atoms with E-state index in [0.29, 0.717) is 18.5 Å². The first kappa shape index (κ1) is 20.7. The topological polar surface area (TPSA) is 86.7 Å². The number of rotatable bonds is 10. The highest BCUT2D eigenvalue weighted by Crippen LogP contribution is 2.17. The van der Waals surface area contributed by atoms with Crippen molar-refractivity contribution in [3.05, 3.63) is 29.3 Å². The van der Waals surface area contributed by atoms with Gasteiger partial charge in [-0.3, -0.25) is 9.59 Å². The lowest BCUT2D eigenvalue weighted by Gasteiger charge is -2.21. The number of nitrogens with zero attached hydrogens (tertiary/aromatic N) is 1. The van der Waals surface area contributed by atoms with Crippen molar-refractivity contribution in [2.75, 3.05) is 18.4 Å². The standard InChI is InChI=1S/C19H28N2O4/c1-4-11-21(12-5-2)18(23)8-6-7-17(22)20-16-13-15(19(24)25)10-9-14(16)3/h9-10,13H,4-8,11-12H2,1-3H3,(H,20,22)(H,24,25). The average Bonchev–Trinajstić information content (AvgIpc) is 2.56. The van der Waals surface area contributed by atoms with E-state index >= 15 is 0 Å². The zero-order chi connectivity index (χ0) is 18.8. The first-order valence-corrected chi connectivity index (χ1v) is 8.80. The molecule has 0 aromatic heterocycles. The van der Waals surface area contributed by atoms with Crippen LogP contribution in [0, 0.1) is 6.92 Å². The highest BCUT2D eigenvalue weighted by Gasteiger charge is 2.13. The SMILES string of the molecule is CCCN(CCC)C(=O)CCCC(=O)Nc1cc(C(=O)O)ccc1C. The quantitative estimate of drug-likeness (QED) is 0.678. The van der Waals surface area contributed by atoms with E-state index in [-0.39, 0.29) is 23.8 Å². The highest BCUT2D eigenvalue weighted by atomic mass is 16.4. The third kappa shape index (κ3) is 6.95. The molecule has 138 valence electrons. The largest absolute Gasteiger partial charge is 0.478 e. The van der Waals surface area contributed by atoms with Crippen LogP contribution in [0.1, 0.15) is 61.9 Å². The van der Waals surface area contributed by atoms with Crippen LogP contribution in [0.25, 0.3) is 0 Å². The number of hydrogen-bond acceptors (Lipinski definition) is 3. The van der Waals surface area contributed by atoms with E-state index in [1.54, 1.807) is 13.0 Å². The van der Waals surface area contributed by atoms with Crippen molar-refractivity contribution in [3.63, 3.8) is 0 Å². The van der Waals surface area contributed by atoms with Crippen LogP contribution in [0.3, 0.4) is 0 Å².